The highest BCUT2D eigenvalue weighted by Gasteiger charge is 2.15. The first-order valence-electron chi connectivity index (χ1n) is 6.50. The van der Waals surface area contributed by atoms with Crippen molar-refractivity contribution in [2.75, 3.05) is 26.3 Å². The molecule has 0 aliphatic heterocycles. The maximum atomic E-state index is 11.7. The molecule has 0 aromatic rings. The molecular weight excluding hydrogens is 218 g/mol. The molecule has 4 nitrogen and oxygen atoms in total. The van der Waals surface area contributed by atoms with Gasteiger partial charge in [0.25, 0.3) is 0 Å². The molecule has 0 unspecified atom stereocenters. The molecular formula is C13H27NO3. The molecule has 0 fully saturated rings. The number of ether oxygens (including phenoxy) is 1. The van der Waals surface area contributed by atoms with Crippen LogP contribution in [0.5, 0.6) is 0 Å². The maximum absolute atomic E-state index is 11.7. The molecule has 0 aromatic carbocycles. The number of rotatable bonds is 8. The lowest BCUT2D eigenvalue weighted by molar-refractivity contribution is 0.0815. The van der Waals surface area contributed by atoms with E-state index >= 15 is 0 Å². The summed E-state index contributed by atoms with van der Waals surface area (Å²) in [4.78, 5) is 13.5. The SMILES string of the molecule is CC(C)CCN(CCC(C)C)C(=O)OCCO. The van der Waals surface area contributed by atoms with Gasteiger partial charge in [0.05, 0.1) is 6.61 Å². The van der Waals surface area contributed by atoms with Crippen molar-refractivity contribution in [1.82, 2.24) is 4.90 Å². The molecule has 0 saturated carbocycles. The van der Waals surface area contributed by atoms with Crippen LogP contribution in [-0.4, -0.2) is 42.4 Å². The molecule has 0 saturated heterocycles. The Bertz CT molecular complexity index is 193. The van der Waals surface area contributed by atoms with Gasteiger partial charge in [0.1, 0.15) is 6.61 Å². The number of aliphatic hydroxyl groups excluding tert-OH is 1. The molecule has 0 spiro atoms. The van der Waals surface area contributed by atoms with Gasteiger partial charge in [-0.15, -0.1) is 0 Å². The van der Waals surface area contributed by atoms with E-state index in [0.717, 1.165) is 25.9 Å². The summed E-state index contributed by atoms with van der Waals surface area (Å²) in [5.41, 5.74) is 0. The lowest BCUT2D eigenvalue weighted by Crippen LogP contribution is -2.35. The number of hydrogen-bond acceptors (Lipinski definition) is 3. The van der Waals surface area contributed by atoms with Crippen molar-refractivity contribution in [3.63, 3.8) is 0 Å². The average molecular weight is 245 g/mol. The van der Waals surface area contributed by atoms with Crippen LogP contribution in [0.2, 0.25) is 0 Å². The van der Waals surface area contributed by atoms with Crippen molar-refractivity contribution >= 4 is 6.09 Å². The minimum Gasteiger partial charge on any atom is -0.447 e. The van der Waals surface area contributed by atoms with Crippen molar-refractivity contribution in [3.8, 4) is 0 Å². The van der Waals surface area contributed by atoms with Crippen LogP contribution in [0.1, 0.15) is 40.5 Å². The Morgan fingerprint density at radius 2 is 1.59 bits per heavy atom. The number of nitrogens with zero attached hydrogens (tertiary/aromatic N) is 1. The van der Waals surface area contributed by atoms with Crippen LogP contribution in [0.4, 0.5) is 4.79 Å². The predicted molar refractivity (Wildman–Crippen MR) is 68.9 cm³/mol. The van der Waals surface area contributed by atoms with Gasteiger partial charge in [-0.2, -0.15) is 0 Å². The van der Waals surface area contributed by atoms with Crippen LogP contribution < -0.4 is 0 Å². The highest BCUT2D eigenvalue weighted by Crippen LogP contribution is 2.07. The van der Waals surface area contributed by atoms with Gasteiger partial charge in [0.15, 0.2) is 0 Å². The highest BCUT2D eigenvalue weighted by molar-refractivity contribution is 5.67. The first-order chi connectivity index (χ1) is 7.97. The van der Waals surface area contributed by atoms with Gasteiger partial charge in [-0.1, -0.05) is 27.7 Å². The molecule has 17 heavy (non-hydrogen) atoms. The molecule has 0 rings (SSSR count). The van der Waals surface area contributed by atoms with E-state index in [9.17, 15) is 4.79 Å². The summed E-state index contributed by atoms with van der Waals surface area (Å²) in [6, 6.07) is 0. The molecule has 1 N–H and O–H groups in total. The predicted octanol–water partition coefficient (Wildman–Crippen LogP) is 2.51. The molecule has 0 heterocycles. The van der Waals surface area contributed by atoms with E-state index in [4.69, 9.17) is 9.84 Å². The van der Waals surface area contributed by atoms with E-state index in [1.165, 1.54) is 0 Å². The summed E-state index contributed by atoms with van der Waals surface area (Å²) in [6.07, 6.45) is 1.65. The van der Waals surface area contributed by atoms with Crippen LogP contribution in [0.3, 0.4) is 0 Å². The summed E-state index contributed by atoms with van der Waals surface area (Å²) in [5, 5.41) is 8.64. The number of hydrogen-bond donors (Lipinski definition) is 1. The van der Waals surface area contributed by atoms with E-state index in [1.807, 2.05) is 0 Å². The average Bonchev–Trinajstić information content (AvgIpc) is 2.25. The first kappa shape index (κ1) is 16.2. The van der Waals surface area contributed by atoms with Crippen LogP contribution in [-0.2, 0) is 4.74 Å². The Labute approximate surface area is 105 Å². The molecule has 0 aliphatic rings. The van der Waals surface area contributed by atoms with Gasteiger partial charge in [0.2, 0.25) is 0 Å². The van der Waals surface area contributed by atoms with E-state index in [-0.39, 0.29) is 19.3 Å². The van der Waals surface area contributed by atoms with Gasteiger partial charge in [-0.25, -0.2) is 4.79 Å². The molecule has 4 heteroatoms. The fourth-order valence-corrected chi connectivity index (χ4v) is 1.35. The quantitative estimate of drug-likeness (QED) is 0.715. The monoisotopic (exact) mass is 245 g/mol. The topological polar surface area (TPSA) is 49.8 Å². The molecule has 0 bridgehead atoms. The van der Waals surface area contributed by atoms with Crippen molar-refractivity contribution in [1.29, 1.82) is 0 Å². The second kappa shape index (κ2) is 9.28. The molecule has 0 aromatic heterocycles. The fraction of sp³-hybridized carbons (Fsp3) is 0.923. The molecule has 0 atom stereocenters. The van der Waals surface area contributed by atoms with Gasteiger partial charge in [-0.05, 0) is 24.7 Å². The molecule has 1 amide bonds. The fourth-order valence-electron chi connectivity index (χ4n) is 1.35. The first-order valence-corrected chi connectivity index (χ1v) is 6.50. The Morgan fingerprint density at radius 3 is 1.94 bits per heavy atom. The van der Waals surface area contributed by atoms with Crippen LogP contribution in [0, 0.1) is 11.8 Å². The van der Waals surface area contributed by atoms with Crippen molar-refractivity contribution in [2.45, 2.75) is 40.5 Å². The second-order valence-corrected chi connectivity index (χ2v) is 5.19. The summed E-state index contributed by atoms with van der Waals surface area (Å²) in [7, 11) is 0. The van der Waals surface area contributed by atoms with Crippen LogP contribution in [0.25, 0.3) is 0 Å². The van der Waals surface area contributed by atoms with Crippen molar-refractivity contribution < 1.29 is 14.6 Å². The Hall–Kier alpha value is -0.770. The minimum absolute atomic E-state index is 0.0820. The summed E-state index contributed by atoms with van der Waals surface area (Å²) >= 11 is 0. The van der Waals surface area contributed by atoms with E-state index in [1.54, 1.807) is 4.90 Å². The molecule has 0 aliphatic carbocycles. The number of carbonyl (C=O) groups is 1. The normalized spacial score (nSPS) is 11.0. The zero-order chi connectivity index (χ0) is 13.3. The Kier molecular flexibility index (Phi) is 8.86. The third-order valence-corrected chi connectivity index (χ3v) is 2.53. The number of amides is 1. The van der Waals surface area contributed by atoms with Gasteiger partial charge < -0.3 is 14.7 Å². The standard InChI is InChI=1S/C13H27NO3/c1-11(2)5-7-14(8-6-12(3)4)13(16)17-10-9-15/h11-12,15H,5-10H2,1-4H3. The van der Waals surface area contributed by atoms with Crippen LogP contribution in [0.15, 0.2) is 0 Å². The van der Waals surface area contributed by atoms with E-state index < -0.39 is 0 Å². The van der Waals surface area contributed by atoms with Crippen molar-refractivity contribution in [3.05, 3.63) is 0 Å². The molecule has 0 radical (unpaired) electrons. The lowest BCUT2D eigenvalue weighted by atomic mass is 10.1. The number of aliphatic hydroxyl groups is 1. The smallest absolute Gasteiger partial charge is 0.409 e. The van der Waals surface area contributed by atoms with Gasteiger partial charge in [-0.3, -0.25) is 0 Å². The van der Waals surface area contributed by atoms with Crippen LogP contribution >= 0.6 is 0 Å². The molecule has 102 valence electrons. The third-order valence-electron chi connectivity index (χ3n) is 2.53. The van der Waals surface area contributed by atoms with E-state index in [2.05, 4.69) is 27.7 Å². The zero-order valence-electron chi connectivity index (χ0n) is 11.6. The van der Waals surface area contributed by atoms with Crippen molar-refractivity contribution in [2.24, 2.45) is 11.8 Å². The highest BCUT2D eigenvalue weighted by atomic mass is 16.6. The number of carbonyl (C=O) groups excluding carboxylic acids is 1. The maximum Gasteiger partial charge on any atom is 0.409 e. The summed E-state index contributed by atoms with van der Waals surface area (Å²) in [6.45, 7) is 9.98. The summed E-state index contributed by atoms with van der Waals surface area (Å²) < 4.78 is 4.95. The minimum atomic E-state index is -0.305. The Morgan fingerprint density at radius 1 is 1.12 bits per heavy atom. The van der Waals surface area contributed by atoms with E-state index in [0.29, 0.717) is 11.8 Å². The lowest BCUT2D eigenvalue weighted by Gasteiger charge is -2.23. The Balaban J connectivity index is 4.12. The third kappa shape index (κ3) is 8.98. The largest absolute Gasteiger partial charge is 0.447 e. The zero-order valence-corrected chi connectivity index (χ0v) is 11.6. The second-order valence-electron chi connectivity index (χ2n) is 5.19. The van der Waals surface area contributed by atoms with Gasteiger partial charge in [0, 0.05) is 13.1 Å². The van der Waals surface area contributed by atoms with Gasteiger partial charge >= 0.3 is 6.09 Å². The summed E-state index contributed by atoms with van der Waals surface area (Å²) in [5.74, 6) is 1.14.